The quantitative estimate of drug-likeness (QED) is 0.653. The van der Waals surface area contributed by atoms with Crippen LogP contribution in [-0.2, 0) is 0 Å². The number of hydrogen-bond donors (Lipinski definition) is 1. The molecule has 1 aliphatic rings. The van der Waals surface area contributed by atoms with E-state index in [1.807, 2.05) is 6.07 Å². The van der Waals surface area contributed by atoms with Crippen molar-refractivity contribution in [3.05, 3.63) is 33.9 Å². The van der Waals surface area contributed by atoms with Crippen LogP contribution in [0, 0.1) is 32.8 Å². The van der Waals surface area contributed by atoms with Crippen LogP contribution in [0.4, 0.5) is 11.4 Å². The number of nitro benzene ring substituents is 1. The third-order valence-electron chi connectivity index (χ3n) is 3.60. The van der Waals surface area contributed by atoms with Crippen molar-refractivity contribution in [3.8, 4) is 6.07 Å². The van der Waals surface area contributed by atoms with Gasteiger partial charge in [0.1, 0.15) is 17.3 Å². The van der Waals surface area contributed by atoms with Crippen molar-refractivity contribution < 1.29 is 4.92 Å². The summed E-state index contributed by atoms with van der Waals surface area (Å²) in [6.07, 6.45) is 1.13. The lowest BCUT2D eigenvalue weighted by atomic mass is 10.1. The summed E-state index contributed by atoms with van der Waals surface area (Å²) in [7, 11) is 0. The van der Waals surface area contributed by atoms with Crippen LogP contribution in [-0.4, -0.2) is 11.5 Å². The van der Waals surface area contributed by atoms with E-state index in [0.717, 1.165) is 6.42 Å². The van der Waals surface area contributed by atoms with E-state index in [1.165, 1.54) is 6.07 Å². The zero-order valence-corrected chi connectivity index (χ0v) is 10.4. The van der Waals surface area contributed by atoms with Gasteiger partial charge in [-0.05, 0) is 29.9 Å². The third-order valence-corrected chi connectivity index (χ3v) is 3.60. The smallest absolute Gasteiger partial charge is 0.309 e. The number of rotatable bonds is 4. The first-order chi connectivity index (χ1) is 8.45. The molecule has 1 unspecified atom stereocenters. The number of hydrogen-bond acceptors (Lipinski definition) is 4. The van der Waals surface area contributed by atoms with Crippen molar-refractivity contribution >= 4 is 11.4 Å². The van der Waals surface area contributed by atoms with Crippen LogP contribution < -0.4 is 5.32 Å². The van der Waals surface area contributed by atoms with Crippen LogP contribution in [0.2, 0.25) is 0 Å². The SMILES string of the molecule is CC1(C)CC1CNc1cccc(C#N)c1[N+](=O)[O-]. The summed E-state index contributed by atoms with van der Waals surface area (Å²) in [5.74, 6) is 0.544. The molecule has 0 radical (unpaired) electrons. The van der Waals surface area contributed by atoms with Gasteiger partial charge in [-0.25, -0.2) is 0 Å². The maximum absolute atomic E-state index is 11.0. The Morgan fingerprint density at radius 3 is 2.78 bits per heavy atom. The molecule has 1 fully saturated rings. The van der Waals surface area contributed by atoms with Gasteiger partial charge in [0.15, 0.2) is 0 Å². The Kier molecular flexibility index (Phi) is 2.95. The minimum absolute atomic E-state index is 0.0973. The van der Waals surface area contributed by atoms with Crippen LogP contribution in [0.15, 0.2) is 18.2 Å². The third kappa shape index (κ3) is 2.28. The molecule has 94 valence electrons. The molecule has 1 aromatic rings. The number of nitrogens with zero attached hydrogens (tertiary/aromatic N) is 2. The van der Waals surface area contributed by atoms with E-state index in [9.17, 15) is 10.1 Å². The first kappa shape index (κ1) is 12.4. The number of nitro groups is 1. The molecule has 5 nitrogen and oxygen atoms in total. The fraction of sp³-hybridized carbons (Fsp3) is 0.462. The Hall–Kier alpha value is -2.09. The molecule has 2 rings (SSSR count). The first-order valence-electron chi connectivity index (χ1n) is 5.87. The lowest BCUT2D eigenvalue weighted by molar-refractivity contribution is -0.384. The minimum Gasteiger partial charge on any atom is -0.379 e. The second-order valence-corrected chi connectivity index (χ2v) is 5.34. The summed E-state index contributed by atoms with van der Waals surface area (Å²) in [4.78, 5) is 10.5. The molecule has 0 spiro atoms. The normalized spacial score (nSPS) is 19.9. The van der Waals surface area contributed by atoms with E-state index in [0.29, 0.717) is 23.6 Å². The largest absolute Gasteiger partial charge is 0.379 e. The van der Waals surface area contributed by atoms with E-state index >= 15 is 0 Å². The van der Waals surface area contributed by atoms with Gasteiger partial charge in [0.2, 0.25) is 0 Å². The van der Waals surface area contributed by atoms with Gasteiger partial charge in [-0.1, -0.05) is 19.9 Å². The fourth-order valence-electron chi connectivity index (χ4n) is 2.13. The van der Waals surface area contributed by atoms with Crippen LogP contribution in [0.25, 0.3) is 0 Å². The molecule has 1 saturated carbocycles. The standard InChI is InChI=1S/C13H15N3O2/c1-13(2)6-10(13)8-15-11-5-3-4-9(7-14)12(11)16(17)18/h3-5,10,15H,6,8H2,1-2H3. The van der Waals surface area contributed by atoms with Crippen molar-refractivity contribution in [2.45, 2.75) is 20.3 Å². The minimum atomic E-state index is -0.501. The lowest BCUT2D eigenvalue weighted by Crippen LogP contribution is -2.09. The Labute approximate surface area is 106 Å². The number of anilines is 1. The topological polar surface area (TPSA) is 79.0 Å². The average Bonchev–Trinajstić information content (AvgIpc) is 2.93. The van der Waals surface area contributed by atoms with E-state index < -0.39 is 4.92 Å². The molecule has 0 aromatic heterocycles. The summed E-state index contributed by atoms with van der Waals surface area (Å²) >= 11 is 0. The summed E-state index contributed by atoms with van der Waals surface area (Å²) < 4.78 is 0. The molecule has 18 heavy (non-hydrogen) atoms. The van der Waals surface area contributed by atoms with E-state index in [-0.39, 0.29) is 11.3 Å². The van der Waals surface area contributed by atoms with Crippen molar-refractivity contribution in [1.29, 1.82) is 5.26 Å². The summed E-state index contributed by atoms with van der Waals surface area (Å²) in [6.45, 7) is 5.07. The van der Waals surface area contributed by atoms with E-state index in [4.69, 9.17) is 5.26 Å². The Morgan fingerprint density at radius 1 is 1.61 bits per heavy atom. The zero-order valence-electron chi connectivity index (χ0n) is 10.4. The van der Waals surface area contributed by atoms with Crippen LogP contribution >= 0.6 is 0 Å². The first-order valence-corrected chi connectivity index (χ1v) is 5.87. The summed E-state index contributed by atoms with van der Waals surface area (Å²) in [5, 5.41) is 23.0. The lowest BCUT2D eigenvalue weighted by Gasteiger charge is -2.08. The van der Waals surface area contributed by atoms with Gasteiger partial charge in [0.05, 0.1) is 4.92 Å². The molecular weight excluding hydrogens is 230 g/mol. The maximum Gasteiger partial charge on any atom is 0.309 e. The van der Waals surface area contributed by atoms with Crippen molar-refractivity contribution in [1.82, 2.24) is 0 Å². The van der Waals surface area contributed by atoms with Crippen LogP contribution in [0.3, 0.4) is 0 Å². The van der Waals surface area contributed by atoms with Crippen molar-refractivity contribution in [2.75, 3.05) is 11.9 Å². The molecular formula is C13H15N3O2. The predicted molar refractivity (Wildman–Crippen MR) is 68.2 cm³/mol. The Bertz CT molecular complexity index is 532. The van der Waals surface area contributed by atoms with Gasteiger partial charge in [-0.3, -0.25) is 10.1 Å². The Balaban J connectivity index is 2.18. The molecule has 1 N–H and O–H groups in total. The molecule has 0 bridgehead atoms. The second-order valence-electron chi connectivity index (χ2n) is 5.34. The monoisotopic (exact) mass is 245 g/mol. The highest BCUT2D eigenvalue weighted by Gasteiger charge is 2.45. The summed E-state index contributed by atoms with van der Waals surface area (Å²) in [6, 6.07) is 6.62. The number of nitrogens with one attached hydrogen (secondary N) is 1. The average molecular weight is 245 g/mol. The molecule has 5 heteroatoms. The molecule has 0 heterocycles. The summed E-state index contributed by atoms with van der Waals surface area (Å²) in [5.41, 5.74) is 0.731. The van der Waals surface area contributed by atoms with Gasteiger partial charge in [-0.2, -0.15) is 5.26 Å². The number of benzene rings is 1. The molecule has 0 amide bonds. The van der Waals surface area contributed by atoms with Gasteiger partial charge in [0.25, 0.3) is 0 Å². The number of para-hydroxylation sites is 1. The van der Waals surface area contributed by atoms with Gasteiger partial charge >= 0.3 is 5.69 Å². The highest BCUT2D eigenvalue weighted by atomic mass is 16.6. The highest BCUT2D eigenvalue weighted by molar-refractivity contribution is 5.68. The van der Waals surface area contributed by atoms with Gasteiger partial charge < -0.3 is 5.32 Å². The van der Waals surface area contributed by atoms with Crippen LogP contribution in [0.1, 0.15) is 25.8 Å². The second kappa shape index (κ2) is 4.30. The van der Waals surface area contributed by atoms with Crippen molar-refractivity contribution in [2.24, 2.45) is 11.3 Å². The van der Waals surface area contributed by atoms with Gasteiger partial charge in [-0.15, -0.1) is 0 Å². The Morgan fingerprint density at radius 2 is 2.28 bits per heavy atom. The molecule has 1 aromatic carbocycles. The highest BCUT2D eigenvalue weighted by Crippen LogP contribution is 2.51. The predicted octanol–water partition coefficient (Wildman–Crippen LogP) is 2.92. The number of nitriles is 1. The molecule has 1 atom stereocenters. The molecule has 0 saturated heterocycles. The van der Waals surface area contributed by atoms with Crippen LogP contribution in [0.5, 0.6) is 0 Å². The molecule has 1 aliphatic carbocycles. The van der Waals surface area contributed by atoms with E-state index in [1.54, 1.807) is 12.1 Å². The maximum atomic E-state index is 11.0. The van der Waals surface area contributed by atoms with Gasteiger partial charge in [0, 0.05) is 6.54 Å². The van der Waals surface area contributed by atoms with Crippen molar-refractivity contribution in [3.63, 3.8) is 0 Å². The fourth-order valence-corrected chi connectivity index (χ4v) is 2.13. The van der Waals surface area contributed by atoms with E-state index in [2.05, 4.69) is 19.2 Å². The molecule has 0 aliphatic heterocycles. The zero-order chi connectivity index (χ0) is 13.3.